The molecule has 0 aliphatic rings. The minimum absolute atomic E-state index is 0.522. The molecule has 6 nitrogen and oxygen atoms in total. The van der Waals surface area contributed by atoms with Crippen molar-refractivity contribution < 1.29 is 0 Å². The highest BCUT2D eigenvalue weighted by Gasteiger charge is 2.10. The molecule has 6 heteroatoms. The van der Waals surface area contributed by atoms with Crippen molar-refractivity contribution in [3.05, 3.63) is 36.2 Å². The summed E-state index contributed by atoms with van der Waals surface area (Å²) in [6, 6.07) is 8.34. The van der Waals surface area contributed by atoms with Gasteiger partial charge in [-0.25, -0.2) is 14.6 Å². The van der Waals surface area contributed by atoms with Gasteiger partial charge in [-0.3, -0.25) is 0 Å². The lowest BCUT2D eigenvalue weighted by molar-refractivity contribution is 0.641. The molecule has 0 radical (unpaired) electrons. The number of anilines is 2. The average molecular weight is 282 g/mol. The number of aromatic nitrogens is 5. The Bertz CT molecular complexity index is 744. The van der Waals surface area contributed by atoms with Crippen molar-refractivity contribution in [2.75, 3.05) is 5.32 Å². The van der Waals surface area contributed by atoms with E-state index in [2.05, 4.69) is 51.6 Å². The molecule has 0 aliphatic carbocycles. The fraction of sp³-hybridized carbons (Fsp3) is 0.333. The zero-order valence-corrected chi connectivity index (χ0v) is 12.4. The maximum absolute atomic E-state index is 4.27. The van der Waals surface area contributed by atoms with E-state index >= 15 is 0 Å². The van der Waals surface area contributed by atoms with Crippen molar-refractivity contribution >= 4 is 22.7 Å². The maximum Gasteiger partial charge on any atom is 0.183 e. The van der Waals surface area contributed by atoms with E-state index in [0.29, 0.717) is 17.3 Å². The number of hydrogen-bond donors (Lipinski definition) is 1. The van der Waals surface area contributed by atoms with Gasteiger partial charge in [0.05, 0.1) is 0 Å². The number of nitrogens with zero attached hydrogens (tertiary/aromatic N) is 5. The van der Waals surface area contributed by atoms with Crippen LogP contribution in [0.2, 0.25) is 0 Å². The van der Waals surface area contributed by atoms with Gasteiger partial charge in [0.1, 0.15) is 6.33 Å². The number of nitrogens with one attached hydrogen (secondary N) is 1. The van der Waals surface area contributed by atoms with Crippen LogP contribution in [0.5, 0.6) is 0 Å². The minimum atomic E-state index is 0.522. The largest absolute Gasteiger partial charge is 0.338 e. The third-order valence-electron chi connectivity index (χ3n) is 3.44. The standard InChI is InChI=1S/C15H18N6/c1-4-21-15-13(19-20-21)14(16-9-17-15)18-12-7-5-11(6-8-12)10(2)3/h5-10H,4H2,1-3H3,(H,16,17,18). The third kappa shape index (κ3) is 2.56. The highest BCUT2D eigenvalue weighted by molar-refractivity contribution is 5.84. The molecule has 21 heavy (non-hydrogen) atoms. The average Bonchev–Trinajstić information content (AvgIpc) is 2.92. The first-order valence-corrected chi connectivity index (χ1v) is 7.10. The molecule has 0 bridgehead atoms. The fourth-order valence-corrected chi connectivity index (χ4v) is 2.18. The molecule has 0 unspecified atom stereocenters. The topological polar surface area (TPSA) is 68.5 Å². The Balaban J connectivity index is 1.92. The predicted molar refractivity (Wildman–Crippen MR) is 82.6 cm³/mol. The predicted octanol–water partition coefficient (Wildman–Crippen LogP) is 3.11. The Labute approximate surface area is 123 Å². The molecule has 0 atom stereocenters. The summed E-state index contributed by atoms with van der Waals surface area (Å²) in [6.07, 6.45) is 1.53. The van der Waals surface area contributed by atoms with Crippen LogP contribution in [0.1, 0.15) is 32.3 Å². The van der Waals surface area contributed by atoms with E-state index in [4.69, 9.17) is 0 Å². The molecule has 1 aromatic carbocycles. The molecule has 0 fully saturated rings. The van der Waals surface area contributed by atoms with E-state index in [9.17, 15) is 0 Å². The molecule has 2 heterocycles. The lowest BCUT2D eigenvalue weighted by Crippen LogP contribution is -1.99. The second-order valence-corrected chi connectivity index (χ2v) is 5.20. The molecule has 0 aliphatic heterocycles. The normalized spacial score (nSPS) is 11.2. The van der Waals surface area contributed by atoms with Gasteiger partial charge in [-0.1, -0.05) is 31.2 Å². The highest BCUT2D eigenvalue weighted by atomic mass is 15.4. The lowest BCUT2D eigenvalue weighted by atomic mass is 10.0. The zero-order chi connectivity index (χ0) is 14.8. The SMILES string of the molecule is CCn1nnc2c(Nc3ccc(C(C)C)cc3)ncnc21. The summed E-state index contributed by atoms with van der Waals surface area (Å²) in [5.41, 5.74) is 3.72. The van der Waals surface area contributed by atoms with Crippen molar-refractivity contribution in [2.24, 2.45) is 0 Å². The van der Waals surface area contributed by atoms with Crippen LogP contribution in [-0.2, 0) is 6.54 Å². The van der Waals surface area contributed by atoms with Gasteiger partial charge in [0, 0.05) is 12.2 Å². The molecule has 3 rings (SSSR count). The van der Waals surface area contributed by atoms with Crippen LogP contribution in [0.4, 0.5) is 11.5 Å². The Morgan fingerprint density at radius 1 is 1.14 bits per heavy atom. The third-order valence-corrected chi connectivity index (χ3v) is 3.44. The minimum Gasteiger partial charge on any atom is -0.338 e. The molecular formula is C15H18N6. The molecule has 0 saturated carbocycles. The Kier molecular flexibility index (Phi) is 3.51. The number of benzene rings is 1. The fourth-order valence-electron chi connectivity index (χ4n) is 2.18. The van der Waals surface area contributed by atoms with Gasteiger partial charge in [-0.05, 0) is 30.5 Å². The smallest absolute Gasteiger partial charge is 0.183 e. The first kappa shape index (κ1) is 13.5. The Morgan fingerprint density at radius 3 is 2.57 bits per heavy atom. The Morgan fingerprint density at radius 2 is 1.90 bits per heavy atom. The monoisotopic (exact) mass is 282 g/mol. The summed E-state index contributed by atoms with van der Waals surface area (Å²) in [7, 11) is 0. The van der Waals surface area contributed by atoms with Crippen molar-refractivity contribution in [1.29, 1.82) is 0 Å². The van der Waals surface area contributed by atoms with Gasteiger partial charge in [0.25, 0.3) is 0 Å². The van der Waals surface area contributed by atoms with Crippen LogP contribution >= 0.6 is 0 Å². The molecule has 108 valence electrons. The Hall–Kier alpha value is -2.50. The quantitative estimate of drug-likeness (QED) is 0.796. The first-order valence-electron chi connectivity index (χ1n) is 7.10. The van der Waals surface area contributed by atoms with Gasteiger partial charge in [0.15, 0.2) is 17.0 Å². The number of aryl methyl sites for hydroxylation is 1. The van der Waals surface area contributed by atoms with E-state index in [0.717, 1.165) is 17.9 Å². The molecular weight excluding hydrogens is 264 g/mol. The van der Waals surface area contributed by atoms with Gasteiger partial charge >= 0.3 is 0 Å². The zero-order valence-electron chi connectivity index (χ0n) is 12.4. The molecule has 0 spiro atoms. The second-order valence-electron chi connectivity index (χ2n) is 5.20. The summed E-state index contributed by atoms with van der Waals surface area (Å²) in [5, 5.41) is 11.5. The number of rotatable bonds is 4. The number of hydrogen-bond acceptors (Lipinski definition) is 5. The number of fused-ring (bicyclic) bond motifs is 1. The van der Waals surface area contributed by atoms with Gasteiger partial charge in [0.2, 0.25) is 0 Å². The summed E-state index contributed by atoms with van der Waals surface area (Å²) >= 11 is 0. The van der Waals surface area contributed by atoms with Crippen molar-refractivity contribution in [3.8, 4) is 0 Å². The first-order chi connectivity index (χ1) is 10.2. The van der Waals surface area contributed by atoms with Gasteiger partial charge < -0.3 is 5.32 Å². The van der Waals surface area contributed by atoms with Crippen LogP contribution in [-0.4, -0.2) is 25.0 Å². The van der Waals surface area contributed by atoms with Crippen LogP contribution in [0, 0.1) is 0 Å². The van der Waals surface area contributed by atoms with Gasteiger partial charge in [-0.2, -0.15) is 0 Å². The van der Waals surface area contributed by atoms with E-state index in [-0.39, 0.29) is 0 Å². The van der Waals surface area contributed by atoms with Crippen LogP contribution in [0.3, 0.4) is 0 Å². The van der Waals surface area contributed by atoms with E-state index < -0.39 is 0 Å². The highest BCUT2D eigenvalue weighted by Crippen LogP contribution is 2.22. The van der Waals surface area contributed by atoms with Crippen molar-refractivity contribution in [1.82, 2.24) is 25.0 Å². The lowest BCUT2D eigenvalue weighted by Gasteiger charge is -2.08. The molecule has 0 saturated heterocycles. The molecule has 3 aromatic rings. The molecule has 0 amide bonds. The van der Waals surface area contributed by atoms with Crippen LogP contribution in [0.15, 0.2) is 30.6 Å². The van der Waals surface area contributed by atoms with Gasteiger partial charge in [-0.15, -0.1) is 5.10 Å². The molecule has 1 N–H and O–H groups in total. The summed E-state index contributed by atoms with van der Waals surface area (Å²) in [6.45, 7) is 7.10. The van der Waals surface area contributed by atoms with Crippen LogP contribution in [0.25, 0.3) is 11.2 Å². The van der Waals surface area contributed by atoms with Crippen molar-refractivity contribution in [3.63, 3.8) is 0 Å². The van der Waals surface area contributed by atoms with Crippen LogP contribution < -0.4 is 5.32 Å². The molecule has 2 aromatic heterocycles. The van der Waals surface area contributed by atoms with E-state index in [1.165, 1.54) is 11.9 Å². The van der Waals surface area contributed by atoms with E-state index in [1.54, 1.807) is 4.68 Å². The second kappa shape index (κ2) is 5.47. The maximum atomic E-state index is 4.27. The van der Waals surface area contributed by atoms with E-state index in [1.807, 2.05) is 19.1 Å². The summed E-state index contributed by atoms with van der Waals surface area (Å²) < 4.78 is 1.75. The summed E-state index contributed by atoms with van der Waals surface area (Å²) in [5.74, 6) is 1.20. The summed E-state index contributed by atoms with van der Waals surface area (Å²) in [4.78, 5) is 8.51. The van der Waals surface area contributed by atoms with Crippen molar-refractivity contribution in [2.45, 2.75) is 33.2 Å².